The predicted octanol–water partition coefficient (Wildman–Crippen LogP) is 3.49. The molecule has 116 valence electrons. The molecule has 0 radical (unpaired) electrons. The molecule has 1 aliphatic carbocycles. The smallest absolute Gasteiger partial charge is 0.309 e. The molecule has 20 heavy (non-hydrogen) atoms. The fourth-order valence-corrected chi connectivity index (χ4v) is 2.74. The normalized spacial score (nSPS) is 24.7. The number of carbonyl (C=O) groups is 2. The van der Waals surface area contributed by atoms with Crippen molar-refractivity contribution >= 4 is 11.9 Å². The standard InChI is InChI=1S/C16H28O4/c1-10(2)9-14(11(3)4)20-16(19)13-7-5-12(6-8-13)15(17)18/h10-14H,5-9H2,1-4H3,(H,17,18). The molecule has 0 amide bonds. The van der Waals surface area contributed by atoms with E-state index in [0.29, 0.717) is 37.5 Å². The first-order chi connectivity index (χ1) is 9.31. The van der Waals surface area contributed by atoms with Crippen molar-refractivity contribution in [2.75, 3.05) is 0 Å². The third-order valence-electron chi connectivity index (χ3n) is 4.12. The van der Waals surface area contributed by atoms with E-state index in [-0.39, 0.29) is 23.9 Å². The van der Waals surface area contributed by atoms with Crippen molar-refractivity contribution in [2.45, 2.75) is 65.9 Å². The molecule has 0 aromatic carbocycles. The van der Waals surface area contributed by atoms with Crippen molar-refractivity contribution in [1.29, 1.82) is 0 Å². The van der Waals surface area contributed by atoms with Crippen molar-refractivity contribution in [3.05, 3.63) is 0 Å². The average molecular weight is 284 g/mol. The molecule has 1 saturated carbocycles. The SMILES string of the molecule is CC(C)CC(OC(=O)C1CCC(C(=O)O)CC1)C(C)C. The lowest BCUT2D eigenvalue weighted by Crippen LogP contribution is -2.32. The lowest BCUT2D eigenvalue weighted by Gasteiger charge is -2.28. The Bertz CT molecular complexity index is 327. The molecular weight excluding hydrogens is 256 g/mol. The van der Waals surface area contributed by atoms with Crippen LogP contribution in [0.4, 0.5) is 0 Å². The Morgan fingerprint density at radius 3 is 1.95 bits per heavy atom. The zero-order valence-electron chi connectivity index (χ0n) is 13.1. The fraction of sp³-hybridized carbons (Fsp3) is 0.875. The number of rotatable bonds is 6. The van der Waals surface area contributed by atoms with Crippen molar-refractivity contribution in [3.63, 3.8) is 0 Å². The van der Waals surface area contributed by atoms with E-state index in [4.69, 9.17) is 9.84 Å². The Morgan fingerprint density at radius 2 is 1.55 bits per heavy atom. The second-order valence-electron chi connectivity index (χ2n) is 6.74. The molecule has 0 spiro atoms. The van der Waals surface area contributed by atoms with E-state index >= 15 is 0 Å². The summed E-state index contributed by atoms with van der Waals surface area (Å²) < 4.78 is 5.67. The summed E-state index contributed by atoms with van der Waals surface area (Å²) in [7, 11) is 0. The molecule has 0 bridgehead atoms. The number of carboxylic acid groups (broad SMARTS) is 1. The molecule has 0 aliphatic heterocycles. The molecule has 1 rings (SSSR count). The van der Waals surface area contributed by atoms with Gasteiger partial charge in [0.25, 0.3) is 0 Å². The van der Waals surface area contributed by atoms with Crippen LogP contribution in [0.3, 0.4) is 0 Å². The number of carbonyl (C=O) groups excluding carboxylic acids is 1. The Hall–Kier alpha value is -1.06. The zero-order valence-corrected chi connectivity index (χ0v) is 13.1. The number of ether oxygens (including phenoxy) is 1. The maximum absolute atomic E-state index is 12.2. The van der Waals surface area contributed by atoms with Gasteiger partial charge in [-0.15, -0.1) is 0 Å². The van der Waals surface area contributed by atoms with Crippen molar-refractivity contribution in [3.8, 4) is 0 Å². The van der Waals surface area contributed by atoms with Gasteiger partial charge in [-0.05, 0) is 43.9 Å². The third-order valence-corrected chi connectivity index (χ3v) is 4.12. The highest BCUT2D eigenvalue weighted by Gasteiger charge is 2.32. The van der Waals surface area contributed by atoms with Crippen LogP contribution >= 0.6 is 0 Å². The lowest BCUT2D eigenvalue weighted by atomic mass is 9.82. The zero-order chi connectivity index (χ0) is 15.3. The summed E-state index contributed by atoms with van der Waals surface area (Å²) in [4.78, 5) is 23.1. The maximum Gasteiger partial charge on any atom is 0.309 e. The van der Waals surface area contributed by atoms with Gasteiger partial charge in [0.05, 0.1) is 11.8 Å². The molecule has 1 aliphatic rings. The summed E-state index contributed by atoms with van der Waals surface area (Å²) in [5, 5.41) is 8.96. The maximum atomic E-state index is 12.2. The topological polar surface area (TPSA) is 63.6 Å². The molecular formula is C16H28O4. The highest BCUT2D eigenvalue weighted by atomic mass is 16.5. The summed E-state index contributed by atoms with van der Waals surface area (Å²) in [6.07, 6.45) is 3.31. The molecule has 0 saturated heterocycles. The van der Waals surface area contributed by atoms with Crippen LogP contribution in [0.1, 0.15) is 59.8 Å². The van der Waals surface area contributed by atoms with E-state index in [9.17, 15) is 9.59 Å². The van der Waals surface area contributed by atoms with Gasteiger partial charge in [-0.3, -0.25) is 9.59 Å². The minimum atomic E-state index is -0.739. The summed E-state index contributed by atoms with van der Waals surface area (Å²) in [5.41, 5.74) is 0. The quantitative estimate of drug-likeness (QED) is 0.758. The molecule has 4 nitrogen and oxygen atoms in total. The second kappa shape index (κ2) is 7.65. The number of esters is 1. The van der Waals surface area contributed by atoms with Crippen LogP contribution in [0.2, 0.25) is 0 Å². The number of hydrogen-bond acceptors (Lipinski definition) is 3. The fourth-order valence-electron chi connectivity index (χ4n) is 2.74. The average Bonchev–Trinajstić information content (AvgIpc) is 2.37. The first kappa shape index (κ1) is 17.0. The van der Waals surface area contributed by atoms with Crippen LogP contribution < -0.4 is 0 Å². The largest absolute Gasteiger partial charge is 0.481 e. The van der Waals surface area contributed by atoms with Gasteiger partial charge in [0.1, 0.15) is 6.10 Å². The molecule has 1 N–H and O–H groups in total. The predicted molar refractivity (Wildman–Crippen MR) is 77.3 cm³/mol. The second-order valence-corrected chi connectivity index (χ2v) is 6.74. The van der Waals surface area contributed by atoms with Gasteiger partial charge >= 0.3 is 11.9 Å². The van der Waals surface area contributed by atoms with Gasteiger partial charge < -0.3 is 9.84 Å². The van der Waals surface area contributed by atoms with Gasteiger partial charge in [-0.1, -0.05) is 27.7 Å². The van der Waals surface area contributed by atoms with E-state index < -0.39 is 5.97 Å². The molecule has 1 atom stereocenters. The Labute approximate surface area is 121 Å². The lowest BCUT2D eigenvalue weighted by molar-refractivity contribution is -0.160. The van der Waals surface area contributed by atoms with Gasteiger partial charge in [0.15, 0.2) is 0 Å². The first-order valence-corrected chi connectivity index (χ1v) is 7.74. The minimum Gasteiger partial charge on any atom is -0.481 e. The van der Waals surface area contributed by atoms with Crippen molar-refractivity contribution < 1.29 is 19.4 Å². The highest BCUT2D eigenvalue weighted by molar-refractivity contribution is 5.74. The third kappa shape index (κ3) is 5.14. The van der Waals surface area contributed by atoms with Crippen LogP contribution in [0, 0.1) is 23.7 Å². The minimum absolute atomic E-state index is 0.0281. The van der Waals surface area contributed by atoms with Gasteiger partial charge in [-0.25, -0.2) is 0 Å². The molecule has 0 aromatic rings. The summed E-state index contributed by atoms with van der Waals surface area (Å²) in [6, 6.07) is 0. The van der Waals surface area contributed by atoms with Crippen LogP contribution in [0.25, 0.3) is 0 Å². The van der Waals surface area contributed by atoms with E-state index in [0.717, 1.165) is 6.42 Å². The van der Waals surface area contributed by atoms with Gasteiger partial charge in [0, 0.05) is 0 Å². The van der Waals surface area contributed by atoms with E-state index in [1.165, 1.54) is 0 Å². The van der Waals surface area contributed by atoms with Crippen LogP contribution in [0.5, 0.6) is 0 Å². The van der Waals surface area contributed by atoms with Crippen LogP contribution in [0.15, 0.2) is 0 Å². The molecule has 1 unspecified atom stereocenters. The van der Waals surface area contributed by atoms with Crippen LogP contribution in [-0.2, 0) is 14.3 Å². The highest BCUT2D eigenvalue weighted by Crippen LogP contribution is 2.30. The summed E-state index contributed by atoms with van der Waals surface area (Å²) in [6.45, 7) is 8.39. The number of carboxylic acids is 1. The van der Waals surface area contributed by atoms with E-state index in [1.54, 1.807) is 0 Å². The molecule has 0 aromatic heterocycles. The van der Waals surface area contributed by atoms with Crippen molar-refractivity contribution in [2.24, 2.45) is 23.7 Å². The Balaban J connectivity index is 2.47. The van der Waals surface area contributed by atoms with E-state index in [2.05, 4.69) is 27.7 Å². The first-order valence-electron chi connectivity index (χ1n) is 7.74. The molecule has 4 heteroatoms. The van der Waals surface area contributed by atoms with Crippen molar-refractivity contribution in [1.82, 2.24) is 0 Å². The summed E-state index contributed by atoms with van der Waals surface area (Å²) in [5.74, 6) is -0.450. The monoisotopic (exact) mass is 284 g/mol. The van der Waals surface area contributed by atoms with Gasteiger partial charge in [-0.2, -0.15) is 0 Å². The summed E-state index contributed by atoms with van der Waals surface area (Å²) >= 11 is 0. The molecule has 0 heterocycles. The Morgan fingerprint density at radius 1 is 1.05 bits per heavy atom. The van der Waals surface area contributed by atoms with Gasteiger partial charge in [0.2, 0.25) is 0 Å². The van der Waals surface area contributed by atoms with Crippen LogP contribution in [-0.4, -0.2) is 23.1 Å². The number of aliphatic carboxylic acids is 1. The molecule has 1 fully saturated rings. The van der Waals surface area contributed by atoms with E-state index in [1.807, 2.05) is 0 Å². The number of hydrogen-bond donors (Lipinski definition) is 1. The Kier molecular flexibility index (Phi) is 6.50.